The van der Waals surface area contributed by atoms with Crippen LogP contribution >= 0.6 is 0 Å². The van der Waals surface area contributed by atoms with Gasteiger partial charge in [0.15, 0.2) is 5.78 Å². The summed E-state index contributed by atoms with van der Waals surface area (Å²) in [6.07, 6.45) is 3.08. The van der Waals surface area contributed by atoms with Gasteiger partial charge in [0.25, 0.3) is 0 Å². The van der Waals surface area contributed by atoms with Crippen LogP contribution in [0.1, 0.15) is 12.5 Å². The first-order valence-corrected chi connectivity index (χ1v) is 4.60. The van der Waals surface area contributed by atoms with Gasteiger partial charge in [0.1, 0.15) is 18.4 Å². The Labute approximate surface area is 85.2 Å². The molecule has 1 atom stereocenters. The lowest BCUT2D eigenvalue weighted by Crippen LogP contribution is -2.38. The third-order valence-electron chi connectivity index (χ3n) is 2.38. The second-order valence-electron chi connectivity index (χ2n) is 3.38. The molecule has 0 amide bonds. The minimum absolute atomic E-state index is 0.0132. The predicted molar refractivity (Wildman–Crippen MR) is 50.4 cm³/mol. The van der Waals surface area contributed by atoms with E-state index in [1.807, 2.05) is 0 Å². The molecule has 1 saturated heterocycles. The van der Waals surface area contributed by atoms with Crippen molar-refractivity contribution in [3.63, 3.8) is 0 Å². The van der Waals surface area contributed by atoms with Crippen molar-refractivity contribution in [3.05, 3.63) is 22.5 Å². The number of aromatic nitrogens is 2. The predicted octanol–water partition coefficient (Wildman–Crippen LogP) is -0.105. The monoisotopic (exact) mass is 210 g/mol. The Morgan fingerprint density at radius 1 is 1.67 bits per heavy atom. The average molecular weight is 210 g/mol. The van der Waals surface area contributed by atoms with Gasteiger partial charge in [0.2, 0.25) is 0 Å². The molecule has 2 heterocycles. The molecule has 7 heteroatoms. The number of hydrogen-bond donors (Lipinski definition) is 1. The Balaban J connectivity index is 2.20. The van der Waals surface area contributed by atoms with E-state index in [2.05, 4.69) is 10.4 Å². The third kappa shape index (κ3) is 1.86. The van der Waals surface area contributed by atoms with Gasteiger partial charge in [-0.3, -0.25) is 19.6 Å². The number of Topliss-reactive ketones (excluding diaryl/α,β-unsaturated/α-hetero) is 1. The normalized spacial score (nSPS) is 21.6. The highest BCUT2D eigenvalue weighted by molar-refractivity contribution is 5.85. The highest BCUT2D eigenvalue weighted by Crippen LogP contribution is 2.17. The van der Waals surface area contributed by atoms with Crippen LogP contribution in [-0.2, 0) is 4.79 Å². The summed E-state index contributed by atoms with van der Waals surface area (Å²) in [5, 5.41) is 17.2. The maximum atomic E-state index is 11.5. The first-order valence-electron chi connectivity index (χ1n) is 4.60. The quantitative estimate of drug-likeness (QED) is 0.543. The molecule has 2 rings (SSSR count). The van der Waals surface area contributed by atoms with Gasteiger partial charge in [0.05, 0.1) is 11.5 Å². The van der Waals surface area contributed by atoms with Crippen molar-refractivity contribution in [2.75, 3.05) is 13.1 Å². The molecule has 7 nitrogen and oxygen atoms in total. The standard InChI is InChI=1S/C8H10N4O3/c13-8-4-9-2-1-7(8)11-5-6(3-10-11)12(14)15/h3,5,7,9H,1-2,4H2. The van der Waals surface area contributed by atoms with Crippen LogP contribution < -0.4 is 5.32 Å². The van der Waals surface area contributed by atoms with Crippen LogP contribution in [0.15, 0.2) is 12.4 Å². The van der Waals surface area contributed by atoms with E-state index >= 15 is 0 Å². The Morgan fingerprint density at radius 3 is 3.07 bits per heavy atom. The first kappa shape index (κ1) is 9.78. The van der Waals surface area contributed by atoms with Gasteiger partial charge in [-0.1, -0.05) is 0 Å². The van der Waals surface area contributed by atoms with Gasteiger partial charge >= 0.3 is 5.69 Å². The summed E-state index contributed by atoms with van der Waals surface area (Å²) in [6, 6.07) is -0.361. The number of ketones is 1. The molecule has 0 aliphatic carbocycles. The van der Waals surface area contributed by atoms with E-state index in [1.165, 1.54) is 10.9 Å². The van der Waals surface area contributed by atoms with Crippen LogP contribution in [-0.4, -0.2) is 33.6 Å². The lowest BCUT2D eigenvalue weighted by molar-refractivity contribution is -0.385. The van der Waals surface area contributed by atoms with E-state index in [0.717, 1.165) is 12.7 Å². The van der Waals surface area contributed by atoms with E-state index in [0.29, 0.717) is 13.0 Å². The molecular formula is C8H10N4O3. The van der Waals surface area contributed by atoms with Crippen LogP contribution in [0.2, 0.25) is 0 Å². The molecule has 0 aromatic carbocycles. The Morgan fingerprint density at radius 2 is 2.47 bits per heavy atom. The summed E-state index contributed by atoms with van der Waals surface area (Å²) in [7, 11) is 0. The van der Waals surface area contributed by atoms with Crippen LogP contribution in [0.5, 0.6) is 0 Å². The number of carbonyl (C=O) groups is 1. The van der Waals surface area contributed by atoms with Crippen LogP contribution in [0.25, 0.3) is 0 Å². The molecule has 1 N–H and O–H groups in total. The van der Waals surface area contributed by atoms with Gasteiger partial charge in [0, 0.05) is 0 Å². The minimum atomic E-state index is -0.519. The summed E-state index contributed by atoms with van der Waals surface area (Å²) in [5.74, 6) is 0.0132. The van der Waals surface area contributed by atoms with E-state index in [-0.39, 0.29) is 17.5 Å². The lowest BCUT2D eigenvalue weighted by atomic mass is 10.1. The highest BCUT2D eigenvalue weighted by Gasteiger charge is 2.25. The summed E-state index contributed by atoms with van der Waals surface area (Å²) in [6.45, 7) is 1.03. The Kier molecular flexibility index (Phi) is 2.46. The summed E-state index contributed by atoms with van der Waals surface area (Å²) in [4.78, 5) is 21.4. The maximum absolute atomic E-state index is 11.5. The SMILES string of the molecule is O=C1CNCCC1n1cc([N+](=O)[O-])cn1. The molecule has 1 aromatic rings. The highest BCUT2D eigenvalue weighted by atomic mass is 16.6. The first-order chi connectivity index (χ1) is 7.18. The fourth-order valence-corrected chi connectivity index (χ4v) is 1.60. The van der Waals surface area contributed by atoms with Gasteiger partial charge in [-0.25, -0.2) is 0 Å². The fourth-order valence-electron chi connectivity index (χ4n) is 1.60. The van der Waals surface area contributed by atoms with Crippen molar-refractivity contribution in [2.45, 2.75) is 12.5 Å². The number of nitrogens with zero attached hydrogens (tertiary/aromatic N) is 3. The van der Waals surface area contributed by atoms with Gasteiger partial charge in [-0.2, -0.15) is 5.10 Å². The summed E-state index contributed by atoms with van der Waals surface area (Å²) >= 11 is 0. The van der Waals surface area contributed by atoms with E-state index in [4.69, 9.17) is 0 Å². The van der Waals surface area contributed by atoms with E-state index in [9.17, 15) is 14.9 Å². The molecule has 0 saturated carbocycles. The second kappa shape index (κ2) is 3.77. The van der Waals surface area contributed by atoms with Crippen molar-refractivity contribution in [1.29, 1.82) is 0 Å². The fraction of sp³-hybridized carbons (Fsp3) is 0.500. The molecule has 80 valence electrons. The molecule has 1 fully saturated rings. The van der Waals surface area contributed by atoms with Crippen molar-refractivity contribution >= 4 is 11.5 Å². The number of hydrogen-bond acceptors (Lipinski definition) is 5. The van der Waals surface area contributed by atoms with E-state index in [1.54, 1.807) is 0 Å². The van der Waals surface area contributed by atoms with Crippen LogP contribution in [0, 0.1) is 10.1 Å². The van der Waals surface area contributed by atoms with Crippen molar-refractivity contribution in [1.82, 2.24) is 15.1 Å². The second-order valence-corrected chi connectivity index (χ2v) is 3.38. The Hall–Kier alpha value is -1.76. The summed E-state index contributed by atoms with van der Waals surface area (Å²) < 4.78 is 1.38. The van der Waals surface area contributed by atoms with Gasteiger partial charge < -0.3 is 5.32 Å². The maximum Gasteiger partial charge on any atom is 0.307 e. The Bertz CT molecular complexity index is 400. The topological polar surface area (TPSA) is 90.1 Å². The molecule has 0 bridgehead atoms. The lowest BCUT2D eigenvalue weighted by Gasteiger charge is -2.21. The molecule has 1 aromatic heterocycles. The van der Waals surface area contributed by atoms with Crippen molar-refractivity contribution in [2.24, 2.45) is 0 Å². The minimum Gasteiger partial charge on any atom is -0.310 e. The van der Waals surface area contributed by atoms with Crippen molar-refractivity contribution < 1.29 is 9.72 Å². The van der Waals surface area contributed by atoms with Crippen LogP contribution in [0.4, 0.5) is 5.69 Å². The number of rotatable bonds is 2. The smallest absolute Gasteiger partial charge is 0.307 e. The van der Waals surface area contributed by atoms with Crippen LogP contribution in [0.3, 0.4) is 0 Å². The van der Waals surface area contributed by atoms with E-state index < -0.39 is 4.92 Å². The molecule has 15 heavy (non-hydrogen) atoms. The molecular weight excluding hydrogens is 200 g/mol. The largest absolute Gasteiger partial charge is 0.310 e. The number of piperidine rings is 1. The van der Waals surface area contributed by atoms with Gasteiger partial charge in [-0.15, -0.1) is 0 Å². The zero-order valence-corrected chi connectivity index (χ0v) is 7.92. The number of nitrogens with one attached hydrogen (secondary N) is 1. The molecule has 1 aliphatic rings. The molecule has 1 aliphatic heterocycles. The molecule has 1 unspecified atom stereocenters. The molecule has 0 spiro atoms. The average Bonchev–Trinajstić information content (AvgIpc) is 2.67. The zero-order valence-electron chi connectivity index (χ0n) is 7.92. The molecule has 0 radical (unpaired) electrons. The number of nitro groups is 1. The summed E-state index contributed by atoms with van der Waals surface area (Å²) in [5.41, 5.74) is -0.0821. The third-order valence-corrected chi connectivity index (χ3v) is 2.38. The zero-order chi connectivity index (χ0) is 10.8. The number of carbonyl (C=O) groups excluding carboxylic acids is 1. The van der Waals surface area contributed by atoms with Crippen molar-refractivity contribution in [3.8, 4) is 0 Å². The van der Waals surface area contributed by atoms with Gasteiger partial charge in [-0.05, 0) is 13.0 Å².